The molecule has 1 heterocycles. The summed E-state index contributed by atoms with van der Waals surface area (Å²) in [5.41, 5.74) is -0.568. The van der Waals surface area contributed by atoms with E-state index in [0.717, 1.165) is 0 Å². The lowest BCUT2D eigenvalue weighted by Crippen LogP contribution is -2.43. The van der Waals surface area contributed by atoms with E-state index in [4.69, 9.17) is 4.74 Å². The molecule has 0 aromatic heterocycles. The quantitative estimate of drug-likeness (QED) is 0.815. The van der Waals surface area contributed by atoms with Crippen LogP contribution in [0.2, 0.25) is 0 Å². The molecule has 1 saturated heterocycles. The smallest absolute Gasteiger partial charge is 0.410 e. The van der Waals surface area contributed by atoms with Crippen LogP contribution in [0.5, 0.6) is 0 Å². The number of aliphatic hydroxyl groups is 1. The first-order valence-electron chi connectivity index (χ1n) is 7.04. The minimum absolute atomic E-state index is 0.102. The molecule has 6 nitrogen and oxygen atoms in total. The molecule has 0 aromatic carbocycles. The normalized spacial score (nSPS) is 23.1. The van der Waals surface area contributed by atoms with Crippen molar-refractivity contribution >= 4 is 12.0 Å². The minimum Gasteiger partial charge on any atom is -0.444 e. The Balaban J connectivity index is 2.50. The number of ether oxygens (including phenoxy) is 1. The van der Waals surface area contributed by atoms with Crippen LogP contribution < -0.4 is 5.32 Å². The Morgan fingerprint density at radius 3 is 2.45 bits per heavy atom. The fourth-order valence-corrected chi connectivity index (χ4v) is 2.04. The Morgan fingerprint density at radius 2 is 1.95 bits per heavy atom. The van der Waals surface area contributed by atoms with Crippen LogP contribution in [0.4, 0.5) is 4.79 Å². The summed E-state index contributed by atoms with van der Waals surface area (Å²) in [6.07, 6.45) is -0.800. The molecule has 1 aliphatic rings. The van der Waals surface area contributed by atoms with E-state index in [0.29, 0.717) is 6.42 Å². The van der Waals surface area contributed by atoms with Gasteiger partial charge in [0.05, 0.1) is 18.7 Å². The van der Waals surface area contributed by atoms with Crippen LogP contribution in [0.3, 0.4) is 0 Å². The van der Waals surface area contributed by atoms with Gasteiger partial charge >= 0.3 is 6.09 Å². The number of nitrogens with zero attached hydrogens (tertiary/aromatic N) is 1. The summed E-state index contributed by atoms with van der Waals surface area (Å²) in [5, 5.41) is 12.7. The number of likely N-dealkylation sites (tertiary alicyclic amines) is 1. The first-order chi connectivity index (χ1) is 9.08. The highest BCUT2D eigenvalue weighted by Gasteiger charge is 2.36. The van der Waals surface area contributed by atoms with Crippen molar-refractivity contribution in [1.82, 2.24) is 10.2 Å². The zero-order chi connectivity index (χ0) is 15.5. The molecule has 1 aliphatic heterocycles. The van der Waals surface area contributed by atoms with Gasteiger partial charge in [-0.25, -0.2) is 4.79 Å². The molecule has 0 aliphatic carbocycles. The number of nitrogens with one attached hydrogen (secondary N) is 1. The fourth-order valence-electron chi connectivity index (χ4n) is 2.04. The standard InChI is InChI=1S/C14H26N2O4/c1-9(2)6-12(18)15-10-7-16(8-11(10)17)13(19)20-14(3,4)5/h9-11,17H,6-8H2,1-5H3,(H,15,18)/t10-,11-/m0/s1. The summed E-state index contributed by atoms with van der Waals surface area (Å²) in [5.74, 6) is 0.158. The van der Waals surface area contributed by atoms with E-state index >= 15 is 0 Å². The average Bonchev–Trinajstić information content (AvgIpc) is 2.56. The molecular weight excluding hydrogens is 260 g/mol. The number of hydrogen-bond donors (Lipinski definition) is 2. The second-order valence-electron chi connectivity index (χ2n) is 6.72. The third-order valence-electron chi connectivity index (χ3n) is 2.88. The molecule has 0 spiro atoms. The molecule has 116 valence electrons. The van der Waals surface area contributed by atoms with Gasteiger partial charge in [-0.15, -0.1) is 0 Å². The average molecular weight is 286 g/mol. The maximum absolute atomic E-state index is 11.9. The van der Waals surface area contributed by atoms with Gasteiger partial charge in [-0.1, -0.05) is 13.8 Å². The number of aliphatic hydroxyl groups excluding tert-OH is 1. The predicted octanol–water partition coefficient (Wildman–Crippen LogP) is 1.13. The number of carbonyl (C=O) groups is 2. The van der Waals surface area contributed by atoms with E-state index in [1.807, 2.05) is 13.8 Å². The second-order valence-corrected chi connectivity index (χ2v) is 6.72. The van der Waals surface area contributed by atoms with Crippen LogP contribution in [0.1, 0.15) is 41.0 Å². The molecule has 2 amide bonds. The molecule has 6 heteroatoms. The summed E-state index contributed by atoms with van der Waals surface area (Å²) >= 11 is 0. The van der Waals surface area contributed by atoms with Crippen molar-refractivity contribution in [2.24, 2.45) is 5.92 Å². The summed E-state index contributed by atoms with van der Waals surface area (Å²) < 4.78 is 5.25. The molecule has 0 saturated carbocycles. The second kappa shape index (κ2) is 6.43. The van der Waals surface area contributed by atoms with E-state index in [1.54, 1.807) is 20.8 Å². The largest absolute Gasteiger partial charge is 0.444 e. The fraction of sp³-hybridized carbons (Fsp3) is 0.857. The van der Waals surface area contributed by atoms with E-state index in [1.165, 1.54) is 4.90 Å². The van der Waals surface area contributed by atoms with Crippen molar-refractivity contribution in [1.29, 1.82) is 0 Å². The highest BCUT2D eigenvalue weighted by Crippen LogP contribution is 2.16. The highest BCUT2D eigenvalue weighted by atomic mass is 16.6. The summed E-state index contributed by atoms with van der Waals surface area (Å²) in [7, 11) is 0. The summed E-state index contributed by atoms with van der Waals surface area (Å²) in [6.45, 7) is 9.74. The van der Waals surface area contributed by atoms with Gasteiger partial charge in [-0.3, -0.25) is 4.79 Å². The number of rotatable bonds is 3. The molecule has 1 fully saturated rings. The Labute approximate surface area is 120 Å². The molecule has 1 rings (SSSR count). The molecule has 2 atom stereocenters. The Morgan fingerprint density at radius 1 is 1.35 bits per heavy atom. The molecule has 0 unspecified atom stereocenters. The highest BCUT2D eigenvalue weighted by molar-refractivity contribution is 5.77. The summed E-state index contributed by atoms with van der Waals surface area (Å²) in [4.78, 5) is 25.0. The first kappa shape index (κ1) is 16.8. The Hall–Kier alpha value is -1.30. The van der Waals surface area contributed by atoms with Gasteiger partial charge in [0.2, 0.25) is 5.91 Å². The van der Waals surface area contributed by atoms with Gasteiger partial charge in [0.25, 0.3) is 0 Å². The Kier molecular flexibility index (Phi) is 5.39. The molecule has 2 N–H and O–H groups in total. The van der Waals surface area contributed by atoms with Gasteiger partial charge in [0.1, 0.15) is 5.60 Å². The summed E-state index contributed by atoms with van der Waals surface area (Å²) in [6, 6.07) is -0.422. The third-order valence-corrected chi connectivity index (χ3v) is 2.88. The molecule has 20 heavy (non-hydrogen) atoms. The van der Waals surface area contributed by atoms with Crippen molar-refractivity contribution < 1.29 is 19.4 Å². The first-order valence-corrected chi connectivity index (χ1v) is 7.04. The van der Waals surface area contributed by atoms with Gasteiger partial charge in [0, 0.05) is 13.0 Å². The van der Waals surface area contributed by atoms with Gasteiger partial charge in [-0.05, 0) is 26.7 Å². The van der Waals surface area contributed by atoms with Crippen LogP contribution in [-0.4, -0.2) is 52.8 Å². The van der Waals surface area contributed by atoms with Crippen LogP contribution in [0, 0.1) is 5.92 Å². The molecule has 0 radical (unpaired) electrons. The van der Waals surface area contributed by atoms with Crippen molar-refractivity contribution in [2.75, 3.05) is 13.1 Å². The monoisotopic (exact) mass is 286 g/mol. The maximum atomic E-state index is 11.9. The van der Waals surface area contributed by atoms with Crippen LogP contribution >= 0.6 is 0 Å². The lowest BCUT2D eigenvalue weighted by atomic mass is 10.1. The van der Waals surface area contributed by atoms with Crippen molar-refractivity contribution in [2.45, 2.75) is 58.8 Å². The van der Waals surface area contributed by atoms with Crippen molar-refractivity contribution in [3.8, 4) is 0 Å². The predicted molar refractivity (Wildman–Crippen MR) is 75.2 cm³/mol. The lowest BCUT2D eigenvalue weighted by molar-refractivity contribution is -0.123. The van der Waals surface area contributed by atoms with Gasteiger partial charge in [0.15, 0.2) is 0 Å². The maximum Gasteiger partial charge on any atom is 0.410 e. The number of β-amino-alcohol motifs (C(OH)–C–C–N with tert-alkyl or cyclic N) is 1. The zero-order valence-corrected chi connectivity index (χ0v) is 13.0. The van der Waals surface area contributed by atoms with Crippen LogP contribution in [-0.2, 0) is 9.53 Å². The Bertz CT molecular complexity index is 363. The number of hydrogen-bond acceptors (Lipinski definition) is 4. The molecule has 0 bridgehead atoms. The van der Waals surface area contributed by atoms with E-state index in [-0.39, 0.29) is 24.9 Å². The van der Waals surface area contributed by atoms with E-state index in [9.17, 15) is 14.7 Å². The van der Waals surface area contributed by atoms with E-state index in [2.05, 4.69) is 5.32 Å². The van der Waals surface area contributed by atoms with Gasteiger partial charge in [-0.2, -0.15) is 0 Å². The van der Waals surface area contributed by atoms with Gasteiger partial charge < -0.3 is 20.1 Å². The number of amides is 2. The third kappa shape index (κ3) is 5.36. The SMILES string of the molecule is CC(C)CC(=O)N[C@H]1CN(C(=O)OC(C)(C)C)C[C@@H]1O. The molecule has 0 aromatic rings. The van der Waals surface area contributed by atoms with Crippen molar-refractivity contribution in [3.05, 3.63) is 0 Å². The minimum atomic E-state index is -0.751. The molecular formula is C14H26N2O4. The lowest BCUT2D eigenvalue weighted by Gasteiger charge is -2.24. The topological polar surface area (TPSA) is 78.9 Å². The van der Waals surface area contributed by atoms with Crippen LogP contribution in [0.25, 0.3) is 0 Å². The van der Waals surface area contributed by atoms with Crippen LogP contribution in [0.15, 0.2) is 0 Å². The number of carbonyl (C=O) groups excluding carboxylic acids is 2. The van der Waals surface area contributed by atoms with Crippen molar-refractivity contribution in [3.63, 3.8) is 0 Å². The zero-order valence-electron chi connectivity index (χ0n) is 13.0. The van der Waals surface area contributed by atoms with E-state index < -0.39 is 23.8 Å².